The van der Waals surface area contributed by atoms with Gasteiger partial charge in [0.15, 0.2) is 0 Å². The lowest BCUT2D eigenvalue weighted by Gasteiger charge is -2.16. The van der Waals surface area contributed by atoms with Gasteiger partial charge in [0.2, 0.25) is 5.91 Å². The number of aryl methyl sites for hydroxylation is 2. The number of furan rings is 1. The number of esters is 1. The number of methoxy groups -OCH3 is 1. The zero-order valence-corrected chi connectivity index (χ0v) is 14.1. The molecule has 2 aromatic rings. The van der Waals surface area contributed by atoms with Crippen LogP contribution in [-0.2, 0) is 20.7 Å². The minimum absolute atomic E-state index is 0.00999. The Labute approximate surface area is 136 Å². The van der Waals surface area contributed by atoms with Crippen LogP contribution in [0.15, 0.2) is 22.8 Å². The summed E-state index contributed by atoms with van der Waals surface area (Å²) in [5.41, 5.74) is 4.02. The van der Waals surface area contributed by atoms with Crippen LogP contribution < -0.4 is 0 Å². The fraction of sp³-hybridized carbons (Fsp3) is 0.444. The van der Waals surface area contributed by atoms with E-state index in [4.69, 9.17) is 4.42 Å². The molecule has 0 radical (unpaired) electrons. The SMILES string of the molecule is COC(=O)CCCN(C)C(=O)Cc1coc2c(C)c(C)ccc12. The van der Waals surface area contributed by atoms with Gasteiger partial charge in [0, 0.05) is 31.0 Å². The zero-order chi connectivity index (χ0) is 17.0. The molecule has 0 unspecified atom stereocenters. The number of carbonyl (C=O) groups is 2. The van der Waals surface area contributed by atoms with Crippen LogP contribution >= 0.6 is 0 Å². The van der Waals surface area contributed by atoms with Gasteiger partial charge in [0.05, 0.1) is 19.8 Å². The highest BCUT2D eigenvalue weighted by molar-refractivity contribution is 5.89. The Morgan fingerprint density at radius 1 is 1.26 bits per heavy atom. The van der Waals surface area contributed by atoms with Gasteiger partial charge < -0.3 is 14.1 Å². The number of hydrogen-bond acceptors (Lipinski definition) is 4. The van der Waals surface area contributed by atoms with Gasteiger partial charge in [-0.15, -0.1) is 0 Å². The third kappa shape index (κ3) is 3.92. The van der Waals surface area contributed by atoms with E-state index in [0.29, 0.717) is 25.8 Å². The predicted octanol–water partition coefficient (Wildman–Crippen LogP) is 3.00. The van der Waals surface area contributed by atoms with E-state index in [-0.39, 0.29) is 11.9 Å². The number of amides is 1. The maximum Gasteiger partial charge on any atom is 0.305 e. The molecule has 5 heteroatoms. The average molecular weight is 317 g/mol. The molecule has 2 rings (SSSR count). The Morgan fingerprint density at radius 2 is 2.00 bits per heavy atom. The van der Waals surface area contributed by atoms with Crippen molar-refractivity contribution in [1.82, 2.24) is 4.90 Å². The minimum Gasteiger partial charge on any atom is -0.469 e. The summed E-state index contributed by atoms with van der Waals surface area (Å²) >= 11 is 0. The Bertz CT molecular complexity index is 717. The first-order valence-electron chi connectivity index (χ1n) is 7.71. The standard InChI is InChI=1S/C18H23NO4/c1-12-7-8-15-14(11-23-18(15)13(12)2)10-16(20)19(3)9-5-6-17(21)22-4/h7-8,11H,5-6,9-10H2,1-4H3. The van der Waals surface area contributed by atoms with E-state index in [0.717, 1.165) is 22.1 Å². The van der Waals surface area contributed by atoms with Crippen molar-refractivity contribution in [2.75, 3.05) is 20.7 Å². The second-order valence-corrected chi connectivity index (χ2v) is 5.82. The van der Waals surface area contributed by atoms with Crippen molar-refractivity contribution in [3.8, 4) is 0 Å². The first-order valence-corrected chi connectivity index (χ1v) is 7.71. The zero-order valence-electron chi connectivity index (χ0n) is 14.1. The highest BCUT2D eigenvalue weighted by atomic mass is 16.5. The highest BCUT2D eigenvalue weighted by Crippen LogP contribution is 2.27. The van der Waals surface area contributed by atoms with Crippen LogP contribution in [0.5, 0.6) is 0 Å². The van der Waals surface area contributed by atoms with Gasteiger partial charge in [-0.05, 0) is 31.4 Å². The summed E-state index contributed by atoms with van der Waals surface area (Å²) in [6.07, 6.45) is 2.88. The van der Waals surface area contributed by atoms with E-state index in [1.807, 2.05) is 26.0 Å². The molecule has 1 amide bonds. The van der Waals surface area contributed by atoms with E-state index < -0.39 is 0 Å². The van der Waals surface area contributed by atoms with Crippen LogP contribution in [0.3, 0.4) is 0 Å². The summed E-state index contributed by atoms with van der Waals surface area (Å²) < 4.78 is 10.2. The third-order valence-corrected chi connectivity index (χ3v) is 4.21. The number of carbonyl (C=O) groups excluding carboxylic acids is 2. The first-order chi connectivity index (χ1) is 10.9. The summed E-state index contributed by atoms with van der Waals surface area (Å²) in [6.45, 7) is 4.59. The fourth-order valence-corrected chi connectivity index (χ4v) is 2.51. The molecule has 0 bridgehead atoms. The molecule has 0 atom stereocenters. The summed E-state index contributed by atoms with van der Waals surface area (Å²) in [6, 6.07) is 4.04. The molecular formula is C18H23NO4. The molecule has 0 saturated carbocycles. The van der Waals surface area contributed by atoms with Crippen LogP contribution in [0, 0.1) is 13.8 Å². The van der Waals surface area contributed by atoms with Crippen molar-refractivity contribution in [3.63, 3.8) is 0 Å². The summed E-state index contributed by atoms with van der Waals surface area (Å²) in [5, 5.41) is 0.990. The number of likely N-dealkylation sites (N-methyl/N-ethyl adjacent to an activating group) is 1. The molecule has 0 saturated heterocycles. The maximum atomic E-state index is 12.3. The molecule has 0 aliphatic heterocycles. The van der Waals surface area contributed by atoms with Crippen LogP contribution in [0.1, 0.15) is 29.5 Å². The van der Waals surface area contributed by atoms with Gasteiger partial charge >= 0.3 is 5.97 Å². The Kier molecular flexibility index (Phi) is 5.42. The first kappa shape index (κ1) is 17.1. The Hall–Kier alpha value is -2.30. The van der Waals surface area contributed by atoms with Gasteiger partial charge in [-0.1, -0.05) is 12.1 Å². The molecular weight excluding hydrogens is 294 g/mol. The number of fused-ring (bicyclic) bond motifs is 1. The largest absolute Gasteiger partial charge is 0.469 e. The number of rotatable bonds is 6. The highest BCUT2D eigenvalue weighted by Gasteiger charge is 2.15. The Balaban J connectivity index is 2.00. The van der Waals surface area contributed by atoms with Gasteiger partial charge in [-0.2, -0.15) is 0 Å². The lowest BCUT2D eigenvalue weighted by Crippen LogP contribution is -2.29. The van der Waals surface area contributed by atoms with Crippen molar-refractivity contribution >= 4 is 22.8 Å². The molecule has 1 aromatic carbocycles. The van der Waals surface area contributed by atoms with E-state index >= 15 is 0 Å². The van der Waals surface area contributed by atoms with Crippen molar-refractivity contribution in [3.05, 3.63) is 35.1 Å². The number of ether oxygens (including phenoxy) is 1. The molecule has 124 valence electrons. The molecule has 1 aromatic heterocycles. The summed E-state index contributed by atoms with van der Waals surface area (Å²) in [7, 11) is 3.11. The lowest BCUT2D eigenvalue weighted by molar-refractivity contribution is -0.141. The second-order valence-electron chi connectivity index (χ2n) is 5.82. The smallest absolute Gasteiger partial charge is 0.305 e. The maximum absolute atomic E-state index is 12.3. The lowest BCUT2D eigenvalue weighted by atomic mass is 10.0. The van der Waals surface area contributed by atoms with Gasteiger partial charge in [-0.25, -0.2) is 0 Å². The third-order valence-electron chi connectivity index (χ3n) is 4.21. The van der Waals surface area contributed by atoms with E-state index in [9.17, 15) is 9.59 Å². The average Bonchev–Trinajstić information content (AvgIpc) is 2.94. The molecule has 0 aliphatic carbocycles. The van der Waals surface area contributed by atoms with Crippen LogP contribution in [-0.4, -0.2) is 37.5 Å². The molecule has 0 aliphatic rings. The predicted molar refractivity (Wildman–Crippen MR) is 88.3 cm³/mol. The van der Waals surface area contributed by atoms with Gasteiger partial charge in [0.1, 0.15) is 5.58 Å². The van der Waals surface area contributed by atoms with E-state index in [2.05, 4.69) is 4.74 Å². The number of hydrogen-bond donors (Lipinski definition) is 0. The van der Waals surface area contributed by atoms with Crippen molar-refractivity contribution in [2.24, 2.45) is 0 Å². The normalized spacial score (nSPS) is 10.8. The molecule has 0 N–H and O–H groups in total. The molecule has 5 nitrogen and oxygen atoms in total. The molecule has 1 heterocycles. The van der Waals surface area contributed by atoms with Crippen LogP contribution in [0.4, 0.5) is 0 Å². The summed E-state index contributed by atoms with van der Waals surface area (Å²) in [4.78, 5) is 25.0. The van der Waals surface area contributed by atoms with Crippen molar-refractivity contribution in [1.29, 1.82) is 0 Å². The topological polar surface area (TPSA) is 59.8 Å². The van der Waals surface area contributed by atoms with E-state index in [1.54, 1.807) is 18.2 Å². The van der Waals surface area contributed by atoms with Crippen LogP contribution in [0.2, 0.25) is 0 Å². The molecule has 0 spiro atoms. The fourth-order valence-electron chi connectivity index (χ4n) is 2.51. The Morgan fingerprint density at radius 3 is 2.70 bits per heavy atom. The van der Waals surface area contributed by atoms with Crippen molar-refractivity contribution < 1.29 is 18.7 Å². The van der Waals surface area contributed by atoms with Gasteiger partial charge in [0.25, 0.3) is 0 Å². The van der Waals surface area contributed by atoms with Crippen LogP contribution in [0.25, 0.3) is 11.0 Å². The monoisotopic (exact) mass is 317 g/mol. The van der Waals surface area contributed by atoms with E-state index in [1.165, 1.54) is 12.7 Å². The molecule has 0 fully saturated rings. The minimum atomic E-state index is -0.252. The number of nitrogens with zero attached hydrogens (tertiary/aromatic N) is 1. The quantitative estimate of drug-likeness (QED) is 0.769. The summed E-state index contributed by atoms with van der Waals surface area (Å²) in [5.74, 6) is -0.242. The van der Waals surface area contributed by atoms with Crippen molar-refractivity contribution in [2.45, 2.75) is 33.1 Å². The van der Waals surface area contributed by atoms with Gasteiger partial charge in [-0.3, -0.25) is 9.59 Å². The molecule has 23 heavy (non-hydrogen) atoms. The second kappa shape index (κ2) is 7.31. The number of benzene rings is 1.